The average Bonchev–Trinajstić information content (AvgIpc) is 3.12. The zero-order chi connectivity index (χ0) is 24.6. The second kappa shape index (κ2) is 9.55. The summed E-state index contributed by atoms with van der Waals surface area (Å²) in [6.07, 6.45) is 1.39. The number of likely N-dealkylation sites (N-methyl/N-ethyl adjacent to an activating group) is 1. The van der Waals surface area contributed by atoms with Crippen LogP contribution in [0, 0.1) is 5.21 Å². The first kappa shape index (κ1) is 24.5. The number of piperazine rings is 1. The van der Waals surface area contributed by atoms with Crippen molar-refractivity contribution >= 4 is 27.5 Å². The number of ether oxygens (including phenoxy) is 1. The number of aromatic nitrogens is 2. The molecule has 0 radical (unpaired) electrons. The largest absolute Gasteiger partial charge is 0.620 e. The molecule has 1 saturated heterocycles. The summed E-state index contributed by atoms with van der Waals surface area (Å²) in [7, 11) is -0.243. The summed E-state index contributed by atoms with van der Waals surface area (Å²) in [5, 5.41) is 16.7. The molecule has 4 rings (SSSR count). The molecular weight excluding hydrogens is 460 g/mol. The first-order valence-corrected chi connectivity index (χ1v) is 12.8. The standard InChI is InChI=1S/C22H30N6O5S/c1-5-7-17-19-20(26(4)24-17)22(29)28(30)21(23-19)16-14-15(8-9-18(16)33-6-2)34(31,32)27-12-10-25(3)11-13-27/h8-9,14,28H,5-7,10-13H2,1-4H3. The van der Waals surface area contributed by atoms with Gasteiger partial charge in [0.05, 0.1) is 17.2 Å². The second-order valence-corrected chi connectivity index (χ2v) is 10.4. The molecule has 0 saturated carbocycles. The van der Waals surface area contributed by atoms with Crippen molar-refractivity contribution in [3.63, 3.8) is 0 Å². The van der Waals surface area contributed by atoms with Crippen molar-refractivity contribution in [3.05, 3.63) is 40.4 Å². The molecule has 1 N–H and O–H groups in total. The molecule has 34 heavy (non-hydrogen) atoms. The predicted molar refractivity (Wildman–Crippen MR) is 126 cm³/mol. The highest BCUT2D eigenvalue weighted by atomic mass is 32.2. The molecule has 1 amide bonds. The fraction of sp³-hybridized carbons (Fsp3) is 0.500. The van der Waals surface area contributed by atoms with Crippen LogP contribution in [0.4, 0.5) is 5.69 Å². The Hall–Kier alpha value is -2.64. The van der Waals surface area contributed by atoms with E-state index in [9.17, 15) is 18.4 Å². The summed E-state index contributed by atoms with van der Waals surface area (Å²) in [5.41, 5.74) is 1.32. The van der Waals surface area contributed by atoms with E-state index in [2.05, 4.69) is 15.0 Å². The molecule has 2 aliphatic rings. The molecule has 1 aromatic carbocycles. The molecule has 1 atom stereocenters. The first-order chi connectivity index (χ1) is 16.2. The number of hydroxylamine groups is 2. The van der Waals surface area contributed by atoms with Crippen LogP contribution in [0.5, 0.6) is 5.75 Å². The Morgan fingerprint density at radius 3 is 2.50 bits per heavy atom. The summed E-state index contributed by atoms with van der Waals surface area (Å²) in [6.45, 7) is 6.08. The lowest BCUT2D eigenvalue weighted by atomic mass is 10.1. The summed E-state index contributed by atoms with van der Waals surface area (Å²) >= 11 is 0. The van der Waals surface area contributed by atoms with Gasteiger partial charge in [-0.2, -0.15) is 14.4 Å². The third-order valence-electron chi connectivity index (χ3n) is 6.04. The van der Waals surface area contributed by atoms with Gasteiger partial charge in [-0.3, -0.25) is 9.75 Å². The molecule has 0 bridgehead atoms. The normalized spacial score (nSPS) is 19.7. The summed E-state index contributed by atoms with van der Waals surface area (Å²) < 4.78 is 35.2. The van der Waals surface area contributed by atoms with Crippen LogP contribution in [0.1, 0.15) is 42.0 Å². The number of quaternary nitrogens is 1. The summed E-state index contributed by atoms with van der Waals surface area (Å²) in [5.74, 6) is -0.544. The van der Waals surface area contributed by atoms with Gasteiger partial charge < -0.3 is 14.8 Å². The molecule has 3 heterocycles. The third-order valence-corrected chi connectivity index (χ3v) is 7.94. The number of amidine groups is 1. The molecule has 2 aromatic rings. The molecule has 11 nitrogen and oxygen atoms in total. The molecule has 1 fully saturated rings. The number of fused-ring (bicyclic) bond motifs is 1. The van der Waals surface area contributed by atoms with Gasteiger partial charge in [0.1, 0.15) is 17.0 Å². The van der Waals surface area contributed by atoms with E-state index in [1.807, 2.05) is 14.0 Å². The van der Waals surface area contributed by atoms with Crippen molar-refractivity contribution < 1.29 is 23.0 Å². The van der Waals surface area contributed by atoms with Crippen LogP contribution in [-0.4, -0.2) is 79.0 Å². The van der Waals surface area contributed by atoms with E-state index in [1.54, 1.807) is 14.0 Å². The van der Waals surface area contributed by atoms with Gasteiger partial charge in [-0.25, -0.2) is 13.2 Å². The number of hydrogen-bond donors (Lipinski definition) is 1. The molecule has 1 unspecified atom stereocenters. The number of carbonyl (C=O) groups excluding carboxylic acids is 1. The highest BCUT2D eigenvalue weighted by Crippen LogP contribution is 2.31. The smallest absolute Gasteiger partial charge is 0.370 e. The van der Waals surface area contributed by atoms with Gasteiger partial charge in [-0.1, -0.05) is 13.3 Å². The van der Waals surface area contributed by atoms with Crippen molar-refractivity contribution in [2.24, 2.45) is 12.0 Å². The lowest BCUT2D eigenvalue weighted by Crippen LogP contribution is -3.13. The number of aliphatic imine (C=N–C) groups is 1. The molecular formula is C22H30N6O5S. The van der Waals surface area contributed by atoms with Crippen LogP contribution in [-0.2, 0) is 23.5 Å². The quantitative estimate of drug-likeness (QED) is 0.554. The second-order valence-electron chi connectivity index (χ2n) is 8.43. The maximum atomic E-state index is 13.3. The van der Waals surface area contributed by atoms with Crippen LogP contribution in [0.2, 0.25) is 0 Å². The van der Waals surface area contributed by atoms with E-state index in [4.69, 9.17) is 4.74 Å². The number of benzene rings is 1. The van der Waals surface area contributed by atoms with Crippen LogP contribution < -0.4 is 9.80 Å². The minimum atomic E-state index is -3.80. The van der Waals surface area contributed by atoms with Gasteiger partial charge in [-0.15, -0.1) is 0 Å². The van der Waals surface area contributed by atoms with Gasteiger partial charge >= 0.3 is 5.91 Å². The van der Waals surface area contributed by atoms with E-state index >= 15 is 0 Å². The highest BCUT2D eigenvalue weighted by molar-refractivity contribution is 7.89. The molecule has 184 valence electrons. The van der Waals surface area contributed by atoms with Crippen LogP contribution in [0.15, 0.2) is 28.1 Å². The Balaban J connectivity index is 1.84. The summed E-state index contributed by atoms with van der Waals surface area (Å²) in [6, 6.07) is 4.38. The summed E-state index contributed by atoms with van der Waals surface area (Å²) in [4.78, 5) is 19.6. The lowest BCUT2D eigenvalue weighted by molar-refractivity contribution is -0.649. The van der Waals surface area contributed by atoms with E-state index in [1.165, 1.54) is 27.2 Å². The zero-order valence-corrected chi connectivity index (χ0v) is 20.7. The van der Waals surface area contributed by atoms with Crippen LogP contribution >= 0.6 is 0 Å². The lowest BCUT2D eigenvalue weighted by Gasteiger charge is -2.31. The van der Waals surface area contributed by atoms with Gasteiger partial charge in [-0.05, 0) is 38.6 Å². The van der Waals surface area contributed by atoms with Crippen molar-refractivity contribution in [3.8, 4) is 5.75 Å². The highest BCUT2D eigenvalue weighted by Gasteiger charge is 2.37. The maximum absolute atomic E-state index is 13.3. The number of sulfonamides is 1. The number of nitrogens with zero attached hydrogens (tertiary/aromatic N) is 5. The Morgan fingerprint density at radius 2 is 1.85 bits per heavy atom. The SMILES string of the molecule is CCCc1nn(C)c2c1N=C(c1cc(S(=O)(=O)N3CCN(C)CC3)ccc1OCC)[NH+]([O-])C2=O. The minimum absolute atomic E-state index is 0.0317. The fourth-order valence-electron chi connectivity index (χ4n) is 4.22. The van der Waals surface area contributed by atoms with Crippen molar-refractivity contribution in [2.45, 2.75) is 31.6 Å². The van der Waals surface area contributed by atoms with Gasteiger partial charge in [0.25, 0.3) is 0 Å². The van der Waals surface area contributed by atoms with Crippen molar-refractivity contribution in [1.29, 1.82) is 0 Å². The number of aryl methyl sites for hydroxylation is 2. The number of amides is 1. The van der Waals surface area contributed by atoms with E-state index in [0.717, 1.165) is 6.42 Å². The molecule has 12 heteroatoms. The Bertz CT molecular complexity index is 1230. The van der Waals surface area contributed by atoms with Crippen LogP contribution in [0.25, 0.3) is 0 Å². The molecule has 0 spiro atoms. The minimum Gasteiger partial charge on any atom is -0.620 e. The monoisotopic (exact) mass is 490 g/mol. The van der Waals surface area contributed by atoms with E-state index in [-0.39, 0.29) is 22.0 Å². The molecule has 0 aliphatic carbocycles. The Labute approximate surface area is 199 Å². The van der Waals surface area contributed by atoms with Gasteiger partial charge in [0.15, 0.2) is 5.69 Å². The van der Waals surface area contributed by atoms with Gasteiger partial charge in [0, 0.05) is 33.2 Å². The van der Waals surface area contributed by atoms with Crippen molar-refractivity contribution in [1.82, 2.24) is 19.0 Å². The zero-order valence-electron chi connectivity index (χ0n) is 19.9. The molecule has 2 aliphatic heterocycles. The number of carbonyl (C=O) groups is 1. The number of rotatable bonds is 7. The fourth-order valence-corrected chi connectivity index (χ4v) is 5.67. The van der Waals surface area contributed by atoms with Crippen molar-refractivity contribution in [2.75, 3.05) is 39.8 Å². The third kappa shape index (κ3) is 4.27. The number of hydrogen-bond acceptors (Lipinski definition) is 8. The maximum Gasteiger partial charge on any atom is 0.370 e. The first-order valence-electron chi connectivity index (χ1n) is 11.4. The van der Waals surface area contributed by atoms with E-state index < -0.39 is 21.0 Å². The Morgan fingerprint density at radius 1 is 1.15 bits per heavy atom. The Kier molecular flexibility index (Phi) is 6.87. The topological polar surface area (TPSA) is 125 Å². The predicted octanol–water partition coefficient (Wildman–Crippen LogP) is 0.322. The van der Waals surface area contributed by atoms with E-state index in [0.29, 0.717) is 56.3 Å². The van der Waals surface area contributed by atoms with Crippen LogP contribution in [0.3, 0.4) is 0 Å². The average molecular weight is 491 g/mol. The molecule has 1 aromatic heterocycles. The van der Waals surface area contributed by atoms with Gasteiger partial charge in [0.2, 0.25) is 15.9 Å². The number of nitrogens with one attached hydrogen (secondary N) is 1.